The first-order chi connectivity index (χ1) is 8.76. The first-order valence-corrected chi connectivity index (χ1v) is 6.53. The Bertz CT molecular complexity index is 560. The van der Waals surface area contributed by atoms with Crippen molar-refractivity contribution in [2.75, 3.05) is 19.8 Å². The molecule has 2 nitrogen and oxygen atoms in total. The van der Waals surface area contributed by atoms with Gasteiger partial charge in [0, 0.05) is 5.41 Å². The van der Waals surface area contributed by atoms with Crippen molar-refractivity contribution >= 4 is 10.8 Å². The van der Waals surface area contributed by atoms with Crippen molar-refractivity contribution in [3.8, 4) is 0 Å². The van der Waals surface area contributed by atoms with Gasteiger partial charge in [0.05, 0.1) is 13.2 Å². The van der Waals surface area contributed by atoms with Crippen LogP contribution in [0.5, 0.6) is 0 Å². The summed E-state index contributed by atoms with van der Waals surface area (Å²) < 4.78 is 5.47. The van der Waals surface area contributed by atoms with Gasteiger partial charge in [-0.3, -0.25) is 0 Å². The van der Waals surface area contributed by atoms with E-state index in [1.54, 1.807) is 0 Å². The second-order valence-corrected chi connectivity index (χ2v) is 5.35. The lowest BCUT2D eigenvalue weighted by molar-refractivity contribution is -0.0853. The van der Waals surface area contributed by atoms with Crippen LogP contribution >= 0.6 is 0 Å². The number of fused-ring (bicyclic) bond motifs is 1. The van der Waals surface area contributed by atoms with Gasteiger partial charge in [0.15, 0.2) is 0 Å². The molecule has 0 aliphatic carbocycles. The van der Waals surface area contributed by atoms with Crippen LogP contribution in [-0.2, 0) is 10.2 Å². The van der Waals surface area contributed by atoms with Gasteiger partial charge < -0.3 is 10.5 Å². The molecule has 94 valence electrons. The predicted octanol–water partition coefficient (Wildman–Crippen LogP) is 2.70. The molecule has 1 unspecified atom stereocenters. The van der Waals surface area contributed by atoms with E-state index in [0.717, 1.165) is 13.2 Å². The van der Waals surface area contributed by atoms with Crippen molar-refractivity contribution < 1.29 is 4.74 Å². The van der Waals surface area contributed by atoms with E-state index in [-0.39, 0.29) is 5.41 Å². The average Bonchev–Trinajstić information content (AvgIpc) is 2.37. The van der Waals surface area contributed by atoms with Crippen LogP contribution in [0, 0.1) is 5.92 Å². The van der Waals surface area contributed by atoms with Crippen LogP contribution < -0.4 is 5.73 Å². The molecule has 0 aromatic heterocycles. The van der Waals surface area contributed by atoms with Crippen LogP contribution in [0.3, 0.4) is 0 Å². The normalized spacial score (nSPS) is 19.4. The zero-order chi connectivity index (χ0) is 12.6. The van der Waals surface area contributed by atoms with E-state index < -0.39 is 0 Å². The highest BCUT2D eigenvalue weighted by Crippen LogP contribution is 2.40. The van der Waals surface area contributed by atoms with E-state index in [2.05, 4.69) is 49.4 Å². The number of hydrogen-bond acceptors (Lipinski definition) is 2. The summed E-state index contributed by atoms with van der Waals surface area (Å²) in [6, 6.07) is 15.2. The summed E-state index contributed by atoms with van der Waals surface area (Å²) in [6.45, 7) is 4.52. The SMILES string of the molecule is CC(CN)C1(c2ccc3ccccc3c2)COC1. The molecule has 1 saturated heterocycles. The lowest BCUT2D eigenvalue weighted by Gasteiger charge is -2.46. The Labute approximate surface area is 108 Å². The maximum atomic E-state index is 5.86. The first-order valence-electron chi connectivity index (χ1n) is 6.53. The smallest absolute Gasteiger partial charge is 0.0588 e. The minimum Gasteiger partial charge on any atom is -0.379 e. The molecule has 2 N–H and O–H groups in total. The fourth-order valence-corrected chi connectivity index (χ4v) is 2.78. The van der Waals surface area contributed by atoms with Crippen molar-refractivity contribution in [2.45, 2.75) is 12.3 Å². The van der Waals surface area contributed by atoms with Gasteiger partial charge in [0.25, 0.3) is 0 Å². The van der Waals surface area contributed by atoms with Crippen molar-refractivity contribution in [1.29, 1.82) is 0 Å². The zero-order valence-electron chi connectivity index (χ0n) is 10.7. The molecule has 1 fully saturated rings. The third-order valence-corrected chi connectivity index (χ3v) is 4.34. The topological polar surface area (TPSA) is 35.2 Å². The zero-order valence-corrected chi connectivity index (χ0v) is 10.7. The van der Waals surface area contributed by atoms with Gasteiger partial charge in [-0.1, -0.05) is 49.4 Å². The molecule has 0 saturated carbocycles. The minimum absolute atomic E-state index is 0.124. The minimum atomic E-state index is 0.124. The molecule has 2 aromatic carbocycles. The Morgan fingerprint density at radius 1 is 1.17 bits per heavy atom. The number of rotatable bonds is 3. The highest BCUT2D eigenvalue weighted by atomic mass is 16.5. The summed E-state index contributed by atoms with van der Waals surface area (Å²) in [5.74, 6) is 0.451. The van der Waals surface area contributed by atoms with Gasteiger partial charge in [0.2, 0.25) is 0 Å². The summed E-state index contributed by atoms with van der Waals surface area (Å²) in [5.41, 5.74) is 7.35. The van der Waals surface area contributed by atoms with E-state index in [0.29, 0.717) is 12.5 Å². The maximum absolute atomic E-state index is 5.86. The van der Waals surface area contributed by atoms with E-state index in [1.165, 1.54) is 16.3 Å². The van der Waals surface area contributed by atoms with E-state index >= 15 is 0 Å². The second-order valence-electron chi connectivity index (χ2n) is 5.35. The molecule has 2 aromatic rings. The molecule has 0 bridgehead atoms. The van der Waals surface area contributed by atoms with Crippen LogP contribution in [0.4, 0.5) is 0 Å². The summed E-state index contributed by atoms with van der Waals surface area (Å²) in [5, 5.41) is 2.59. The lowest BCUT2D eigenvalue weighted by atomic mass is 9.69. The number of hydrogen-bond donors (Lipinski definition) is 1. The predicted molar refractivity (Wildman–Crippen MR) is 74.7 cm³/mol. The third-order valence-electron chi connectivity index (χ3n) is 4.34. The van der Waals surface area contributed by atoms with Gasteiger partial charge in [-0.05, 0) is 28.8 Å². The number of ether oxygens (including phenoxy) is 1. The Morgan fingerprint density at radius 2 is 1.89 bits per heavy atom. The largest absolute Gasteiger partial charge is 0.379 e. The van der Waals surface area contributed by atoms with Crippen molar-refractivity contribution in [3.05, 3.63) is 48.0 Å². The van der Waals surface area contributed by atoms with Gasteiger partial charge in [-0.2, -0.15) is 0 Å². The molecule has 1 aliphatic heterocycles. The molecule has 1 aliphatic rings. The number of nitrogens with two attached hydrogens (primary N) is 1. The van der Waals surface area contributed by atoms with Gasteiger partial charge >= 0.3 is 0 Å². The van der Waals surface area contributed by atoms with E-state index in [4.69, 9.17) is 10.5 Å². The third kappa shape index (κ3) is 1.64. The molecular weight excluding hydrogens is 222 g/mol. The van der Waals surface area contributed by atoms with Gasteiger partial charge in [0.1, 0.15) is 0 Å². The summed E-state index contributed by atoms with van der Waals surface area (Å²) in [6.07, 6.45) is 0. The molecule has 0 radical (unpaired) electrons. The monoisotopic (exact) mass is 241 g/mol. The Kier molecular flexibility index (Phi) is 2.84. The Morgan fingerprint density at radius 3 is 2.50 bits per heavy atom. The molecular formula is C16H19NO. The maximum Gasteiger partial charge on any atom is 0.0588 e. The molecule has 0 spiro atoms. The van der Waals surface area contributed by atoms with Crippen LogP contribution in [0.15, 0.2) is 42.5 Å². The standard InChI is InChI=1S/C16H19NO/c1-12(9-17)16(10-18-11-16)15-7-6-13-4-2-3-5-14(13)8-15/h2-8,12H,9-11,17H2,1H3. The molecule has 3 rings (SSSR count). The summed E-state index contributed by atoms with van der Waals surface area (Å²) >= 11 is 0. The lowest BCUT2D eigenvalue weighted by Crippen LogP contribution is -2.53. The quantitative estimate of drug-likeness (QED) is 0.896. The van der Waals surface area contributed by atoms with Crippen molar-refractivity contribution in [3.63, 3.8) is 0 Å². The number of benzene rings is 2. The summed E-state index contributed by atoms with van der Waals surface area (Å²) in [7, 11) is 0. The van der Waals surface area contributed by atoms with Gasteiger partial charge in [-0.25, -0.2) is 0 Å². The fourth-order valence-electron chi connectivity index (χ4n) is 2.78. The van der Waals surface area contributed by atoms with Crippen molar-refractivity contribution in [2.24, 2.45) is 11.7 Å². The van der Waals surface area contributed by atoms with Crippen LogP contribution in [0.1, 0.15) is 12.5 Å². The highest BCUT2D eigenvalue weighted by molar-refractivity contribution is 5.83. The second kappa shape index (κ2) is 4.38. The first kappa shape index (κ1) is 11.7. The molecule has 2 heteroatoms. The van der Waals surface area contributed by atoms with Crippen LogP contribution in [-0.4, -0.2) is 19.8 Å². The van der Waals surface area contributed by atoms with Crippen LogP contribution in [0.25, 0.3) is 10.8 Å². The van der Waals surface area contributed by atoms with Crippen LogP contribution in [0.2, 0.25) is 0 Å². The van der Waals surface area contributed by atoms with E-state index in [1.807, 2.05) is 0 Å². The fraction of sp³-hybridized carbons (Fsp3) is 0.375. The van der Waals surface area contributed by atoms with Gasteiger partial charge in [-0.15, -0.1) is 0 Å². The summed E-state index contributed by atoms with van der Waals surface area (Å²) in [4.78, 5) is 0. The molecule has 18 heavy (non-hydrogen) atoms. The van der Waals surface area contributed by atoms with E-state index in [9.17, 15) is 0 Å². The Balaban J connectivity index is 2.07. The molecule has 1 atom stereocenters. The molecule has 1 heterocycles. The van der Waals surface area contributed by atoms with Crippen molar-refractivity contribution in [1.82, 2.24) is 0 Å². The Hall–Kier alpha value is -1.38. The molecule has 0 amide bonds. The highest BCUT2D eigenvalue weighted by Gasteiger charge is 2.44. The average molecular weight is 241 g/mol.